The second-order valence-corrected chi connectivity index (χ2v) is 7.50. The molecular weight excluding hydrogens is 458 g/mol. The molecule has 0 aliphatic heterocycles. The van der Waals surface area contributed by atoms with Gasteiger partial charge in [0.25, 0.3) is 0 Å². The first-order valence-electron chi connectivity index (χ1n) is 10.1. The van der Waals surface area contributed by atoms with Gasteiger partial charge in [0.2, 0.25) is 0 Å². The molecule has 0 atom stereocenters. The van der Waals surface area contributed by atoms with E-state index in [0.29, 0.717) is 11.1 Å². The van der Waals surface area contributed by atoms with Crippen LogP contribution in [0.4, 0.5) is 8.78 Å². The lowest BCUT2D eigenvalue weighted by Gasteiger charge is -2.12. The molecule has 2 aliphatic carbocycles. The molecule has 164 valence electrons. The number of hydrogen-bond acceptors (Lipinski definition) is 6. The molecule has 0 spiro atoms. The van der Waals surface area contributed by atoms with Crippen LogP contribution in [-0.4, -0.2) is 0 Å². The van der Waals surface area contributed by atoms with Gasteiger partial charge >= 0.3 is 0 Å². The Labute approximate surface area is 204 Å². The van der Waals surface area contributed by atoms with Gasteiger partial charge in [-0.05, 0) is 69.8 Å². The first-order chi connectivity index (χ1) is 17.4. The van der Waals surface area contributed by atoms with Crippen LogP contribution in [0.1, 0.15) is 22.3 Å². The molecule has 4 rings (SSSR count). The lowest BCUT2D eigenvalue weighted by atomic mass is 9.90. The molecule has 0 heterocycles. The topological polar surface area (TPSA) is 143 Å². The van der Waals surface area contributed by atoms with Gasteiger partial charge in [0.1, 0.15) is 59.2 Å². The molecule has 2 aliphatic rings. The van der Waals surface area contributed by atoms with Crippen molar-refractivity contribution in [3.8, 4) is 36.4 Å². The number of nitrogens with zero attached hydrogens (tertiary/aromatic N) is 6. The van der Waals surface area contributed by atoms with Gasteiger partial charge in [-0.1, -0.05) is 12.1 Å². The van der Waals surface area contributed by atoms with Crippen molar-refractivity contribution in [3.05, 3.63) is 116 Å². The highest BCUT2D eigenvalue weighted by atomic mass is 19.1. The van der Waals surface area contributed by atoms with Crippen molar-refractivity contribution in [1.29, 1.82) is 31.6 Å². The van der Waals surface area contributed by atoms with Gasteiger partial charge in [-0.25, -0.2) is 8.78 Å². The molecule has 0 amide bonds. The van der Waals surface area contributed by atoms with E-state index in [2.05, 4.69) is 0 Å². The van der Waals surface area contributed by atoms with Crippen LogP contribution in [0.15, 0.2) is 82.0 Å². The van der Waals surface area contributed by atoms with E-state index in [1.54, 1.807) is 12.1 Å². The van der Waals surface area contributed by atoms with Crippen molar-refractivity contribution in [2.24, 2.45) is 0 Å². The van der Waals surface area contributed by atoms with Crippen LogP contribution in [0.2, 0.25) is 0 Å². The monoisotopic (exact) mass is 466 g/mol. The lowest BCUT2D eigenvalue weighted by molar-refractivity contribution is 0.623. The van der Waals surface area contributed by atoms with Gasteiger partial charge in [0, 0.05) is 11.1 Å². The van der Waals surface area contributed by atoms with E-state index in [0.717, 1.165) is 12.1 Å². The summed E-state index contributed by atoms with van der Waals surface area (Å²) in [6, 6.07) is 18.4. The fourth-order valence-corrected chi connectivity index (χ4v) is 4.11. The van der Waals surface area contributed by atoms with Gasteiger partial charge in [-0.15, -0.1) is 0 Å². The summed E-state index contributed by atoms with van der Waals surface area (Å²) in [5.41, 5.74) is 1.09. The first-order valence-corrected chi connectivity index (χ1v) is 10.1. The normalized spacial score (nSPS) is 13.2. The van der Waals surface area contributed by atoms with Gasteiger partial charge in [-0.3, -0.25) is 0 Å². The molecular formula is C28H8F2N6. The van der Waals surface area contributed by atoms with Gasteiger partial charge in [-0.2, -0.15) is 31.6 Å². The molecule has 0 unspecified atom stereocenters. The SMILES string of the molecule is N#CC(C#N)=C1C(c2ccc(C#N)c(F)c2)=CC2=C1C=C(c1ccc(C#N)c(F)c1)C2=C(C#N)C#N. The van der Waals surface area contributed by atoms with Crippen molar-refractivity contribution < 1.29 is 8.78 Å². The Hall–Kier alpha value is -6.06. The second-order valence-electron chi connectivity index (χ2n) is 7.50. The number of allylic oxidation sites excluding steroid dienone is 10. The Balaban J connectivity index is 2.02. The van der Waals surface area contributed by atoms with Crippen molar-refractivity contribution in [1.82, 2.24) is 0 Å². The van der Waals surface area contributed by atoms with Crippen molar-refractivity contribution >= 4 is 11.1 Å². The van der Waals surface area contributed by atoms with Gasteiger partial charge in [0.05, 0.1) is 11.1 Å². The van der Waals surface area contributed by atoms with Crippen LogP contribution in [0.25, 0.3) is 11.1 Å². The average molecular weight is 466 g/mol. The maximum atomic E-state index is 14.4. The minimum absolute atomic E-state index is 0.149. The number of halogens is 2. The van der Waals surface area contributed by atoms with Crippen LogP contribution in [0, 0.1) is 79.6 Å². The Kier molecular flexibility index (Phi) is 5.82. The summed E-state index contributed by atoms with van der Waals surface area (Å²) in [5.74, 6) is -1.60. The Morgan fingerprint density at radius 3 is 1.19 bits per heavy atom. The smallest absolute Gasteiger partial charge is 0.141 e. The van der Waals surface area contributed by atoms with E-state index >= 15 is 0 Å². The predicted octanol–water partition coefficient (Wildman–Crippen LogP) is 5.19. The Morgan fingerprint density at radius 1 is 0.556 bits per heavy atom. The molecule has 6 nitrogen and oxygen atoms in total. The average Bonchev–Trinajstić information content (AvgIpc) is 3.43. The van der Waals surface area contributed by atoms with E-state index in [1.165, 1.54) is 36.4 Å². The fraction of sp³-hybridized carbons (Fsp3) is 0. The quantitative estimate of drug-likeness (QED) is 0.558. The molecule has 2 aromatic rings. The summed E-state index contributed by atoms with van der Waals surface area (Å²) in [5, 5.41) is 56.6. The third-order valence-electron chi connectivity index (χ3n) is 5.69. The second kappa shape index (κ2) is 9.06. The molecule has 8 heteroatoms. The molecule has 0 fully saturated rings. The van der Waals surface area contributed by atoms with E-state index in [9.17, 15) is 29.8 Å². The molecule has 0 N–H and O–H groups in total. The highest BCUT2D eigenvalue weighted by molar-refractivity contribution is 6.05. The largest absolute Gasteiger partial charge is 0.206 e. The van der Waals surface area contributed by atoms with Gasteiger partial charge < -0.3 is 0 Å². The first kappa shape index (κ1) is 23.1. The van der Waals surface area contributed by atoms with Crippen LogP contribution in [0.3, 0.4) is 0 Å². The fourth-order valence-electron chi connectivity index (χ4n) is 4.11. The summed E-state index contributed by atoms with van der Waals surface area (Å²) in [4.78, 5) is 0. The van der Waals surface area contributed by atoms with Crippen LogP contribution < -0.4 is 0 Å². The highest BCUT2D eigenvalue weighted by Gasteiger charge is 2.35. The number of hydrogen-bond donors (Lipinski definition) is 0. The number of rotatable bonds is 2. The van der Waals surface area contributed by atoms with Crippen LogP contribution in [-0.2, 0) is 0 Å². The lowest BCUT2D eigenvalue weighted by Crippen LogP contribution is -1.97. The van der Waals surface area contributed by atoms with E-state index in [-0.39, 0.29) is 55.7 Å². The minimum Gasteiger partial charge on any atom is -0.206 e. The third-order valence-corrected chi connectivity index (χ3v) is 5.69. The number of nitriles is 6. The summed E-state index contributed by atoms with van der Waals surface area (Å²) in [6.07, 6.45) is 3.04. The Morgan fingerprint density at radius 2 is 0.917 bits per heavy atom. The molecule has 0 saturated carbocycles. The van der Waals surface area contributed by atoms with Crippen LogP contribution in [0.5, 0.6) is 0 Å². The molecule has 2 aromatic carbocycles. The molecule has 0 saturated heterocycles. The highest BCUT2D eigenvalue weighted by Crippen LogP contribution is 2.51. The van der Waals surface area contributed by atoms with Crippen molar-refractivity contribution in [3.63, 3.8) is 0 Å². The van der Waals surface area contributed by atoms with E-state index in [4.69, 9.17) is 10.5 Å². The molecule has 0 aromatic heterocycles. The standard InChI is InChI=1S/C28H8F2N6/c29-25-5-15(1-3-17(25)9-31)21-7-23-24(27(21)19(11-33)12-34)8-22(28(23)20(13-35)14-36)16-2-4-18(10-32)26(30)6-16/h1-8H. The van der Waals surface area contributed by atoms with Gasteiger partial charge in [0.15, 0.2) is 0 Å². The van der Waals surface area contributed by atoms with Crippen molar-refractivity contribution in [2.75, 3.05) is 0 Å². The third kappa shape index (κ3) is 3.52. The van der Waals surface area contributed by atoms with E-state index in [1.807, 2.05) is 24.3 Å². The van der Waals surface area contributed by atoms with E-state index < -0.39 is 11.6 Å². The summed E-state index contributed by atoms with van der Waals surface area (Å²) < 4.78 is 28.8. The molecule has 0 radical (unpaired) electrons. The molecule has 36 heavy (non-hydrogen) atoms. The summed E-state index contributed by atoms with van der Waals surface area (Å²) >= 11 is 0. The Bertz CT molecular complexity index is 1640. The maximum Gasteiger partial charge on any atom is 0.141 e. The summed E-state index contributed by atoms with van der Waals surface area (Å²) in [7, 11) is 0. The number of benzene rings is 2. The predicted molar refractivity (Wildman–Crippen MR) is 122 cm³/mol. The maximum absolute atomic E-state index is 14.4. The zero-order chi connectivity index (χ0) is 26.0. The molecule has 0 bridgehead atoms. The zero-order valence-corrected chi connectivity index (χ0v) is 18.1. The summed E-state index contributed by atoms with van der Waals surface area (Å²) in [6.45, 7) is 0. The minimum atomic E-state index is -0.799. The van der Waals surface area contributed by atoms with Crippen molar-refractivity contribution in [2.45, 2.75) is 0 Å². The zero-order valence-electron chi connectivity index (χ0n) is 18.1. The van der Waals surface area contributed by atoms with Crippen LogP contribution >= 0.6 is 0 Å².